The molecule has 24 heavy (non-hydrogen) atoms. The van der Waals surface area contributed by atoms with Gasteiger partial charge in [-0.2, -0.15) is 0 Å². The molecule has 2 aromatic rings. The molecular formula is C19H21FN2O2. The lowest BCUT2D eigenvalue weighted by molar-refractivity contribution is -0.130. The van der Waals surface area contributed by atoms with E-state index in [1.165, 1.54) is 12.1 Å². The number of carbonyl (C=O) groups excluding carboxylic acids is 2. The molecule has 0 spiro atoms. The van der Waals surface area contributed by atoms with Crippen molar-refractivity contribution in [3.05, 3.63) is 71.5 Å². The van der Waals surface area contributed by atoms with Gasteiger partial charge in [0.1, 0.15) is 5.82 Å². The highest BCUT2D eigenvalue weighted by Crippen LogP contribution is 2.08. The molecule has 0 saturated heterocycles. The minimum Gasteiger partial charge on any atom is -0.349 e. The molecule has 2 amide bonds. The average molecular weight is 328 g/mol. The second kappa shape index (κ2) is 8.24. The third-order valence-corrected chi connectivity index (χ3v) is 3.65. The van der Waals surface area contributed by atoms with Crippen molar-refractivity contribution in [2.75, 3.05) is 7.05 Å². The molecule has 1 unspecified atom stereocenters. The number of rotatable bonds is 6. The minimum absolute atomic E-state index is 0.0832. The van der Waals surface area contributed by atoms with Gasteiger partial charge in [-0.1, -0.05) is 30.3 Å². The molecule has 0 aliphatic heterocycles. The van der Waals surface area contributed by atoms with E-state index in [0.29, 0.717) is 12.1 Å². The Morgan fingerprint density at radius 1 is 1.08 bits per heavy atom. The first kappa shape index (κ1) is 17.7. The van der Waals surface area contributed by atoms with E-state index in [1.54, 1.807) is 55.3 Å². The van der Waals surface area contributed by atoms with Gasteiger partial charge in [0.15, 0.2) is 0 Å². The maximum absolute atomic E-state index is 12.9. The van der Waals surface area contributed by atoms with E-state index in [9.17, 15) is 14.0 Å². The number of nitrogens with zero attached hydrogens (tertiary/aromatic N) is 1. The summed E-state index contributed by atoms with van der Waals surface area (Å²) < 4.78 is 12.9. The topological polar surface area (TPSA) is 49.4 Å². The lowest BCUT2D eigenvalue weighted by atomic mass is 10.1. The Bertz CT molecular complexity index is 686. The van der Waals surface area contributed by atoms with Crippen LogP contribution in [0, 0.1) is 5.82 Å². The van der Waals surface area contributed by atoms with Crippen molar-refractivity contribution >= 4 is 11.8 Å². The van der Waals surface area contributed by atoms with E-state index in [0.717, 1.165) is 5.56 Å². The van der Waals surface area contributed by atoms with E-state index in [2.05, 4.69) is 5.32 Å². The fourth-order valence-corrected chi connectivity index (χ4v) is 2.32. The van der Waals surface area contributed by atoms with Crippen LogP contribution >= 0.6 is 0 Å². The van der Waals surface area contributed by atoms with Crippen LogP contribution in [0.1, 0.15) is 29.3 Å². The standard InChI is InChI=1S/C19H21FN2O2/c1-14(21-19(24)16-6-4-3-5-7-16)12-18(23)22(2)13-15-8-10-17(20)11-9-15/h3-11,14H,12-13H2,1-2H3,(H,21,24). The third kappa shape index (κ3) is 5.19. The second-order valence-corrected chi connectivity index (χ2v) is 5.82. The normalized spacial score (nSPS) is 11.6. The van der Waals surface area contributed by atoms with Gasteiger partial charge in [-0.25, -0.2) is 4.39 Å². The minimum atomic E-state index is -0.301. The predicted molar refractivity (Wildman–Crippen MR) is 90.9 cm³/mol. The summed E-state index contributed by atoms with van der Waals surface area (Å²) in [5.74, 6) is -0.581. The van der Waals surface area contributed by atoms with Crippen molar-refractivity contribution in [1.82, 2.24) is 10.2 Å². The predicted octanol–water partition coefficient (Wildman–Crippen LogP) is 2.99. The summed E-state index contributed by atoms with van der Waals surface area (Å²) in [5, 5.41) is 2.82. The quantitative estimate of drug-likeness (QED) is 0.886. The van der Waals surface area contributed by atoms with Gasteiger partial charge >= 0.3 is 0 Å². The van der Waals surface area contributed by atoms with Gasteiger partial charge in [0.2, 0.25) is 5.91 Å². The molecule has 0 heterocycles. The average Bonchev–Trinajstić information content (AvgIpc) is 2.57. The Labute approximate surface area is 141 Å². The fraction of sp³-hybridized carbons (Fsp3) is 0.263. The van der Waals surface area contributed by atoms with Crippen molar-refractivity contribution < 1.29 is 14.0 Å². The summed E-state index contributed by atoms with van der Waals surface area (Å²) >= 11 is 0. The monoisotopic (exact) mass is 328 g/mol. The van der Waals surface area contributed by atoms with Gasteiger partial charge in [0.25, 0.3) is 5.91 Å². The Kier molecular flexibility index (Phi) is 6.07. The molecule has 2 aromatic carbocycles. The summed E-state index contributed by atoms with van der Waals surface area (Å²) in [6.07, 6.45) is 0.205. The highest BCUT2D eigenvalue weighted by atomic mass is 19.1. The molecule has 1 N–H and O–H groups in total. The zero-order valence-corrected chi connectivity index (χ0v) is 13.8. The van der Waals surface area contributed by atoms with Gasteiger partial charge in [0, 0.05) is 31.6 Å². The van der Waals surface area contributed by atoms with E-state index >= 15 is 0 Å². The van der Waals surface area contributed by atoms with Crippen molar-refractivity contribution in [3.8, 4) is 0 Å². The van der Waals surface area contributed by atoms with Crippen LogP contribution in [-0.4, -0.2) is 29.8 Å². The molecule has 0 bridgehead atoms. The summed E-state index contributed by atoms with van der Waals surface area (Å²) in [4.78, 5) is 25.9. The van der Waals surface area contributed by atoms with Crippen LogP contribution < -0.4 is 5.32 Å². The highest BCUT2D eigenvalue weighted by Gasteiger charge is 2.16. The van der Waals surface area contributed by atoms with Gasteiger partial charge in [-0.3, -0.25) is 9.59 Å². The Morgan fingerprint density at radius 3 is 2.33 bits per heavy atom. The van der Waals surface area contributed by atoms with Crippen LogP contribution in [0.25, 0.3) is 0 Å². The summed E-state index contributed by atoms with van der Waals surface area (Å²) in [6, 6.07) is 14.7. The Balaban J connectivity index is 1.84. The first-order valence-electron chi connectivity index (χ1n) is 7.80. The van der Waals surface area contributed by atoms with Gasteiger partial charge in [-0.05, 0) is 36.8 Å². The van der Waals surface area contributed by atoms with Crippen LogP contribution in [0.3, 0.4) is 0 Å². The van der Waals surface area contributed by atoms with Gasteiger partial charge in [0.05, 0.1) is 0 Å². The molecule has 0 fully saturated rings. The third-order valence-electron chi connectivity index (χ3n) is 3.65. The number of benzene rings is 2. The maximum atomic E-state index is 12.9. The lowest BCUT2D eigenvalue weighted by Crippen LogP contribution is -2.37. The zero-order chi connectivity index (χ0) is 17.5. The van der Waals surface area contributed by atoms with E-state index in [1.807, 2.05) is 6.07 Å². The van der Waals surface area contributed by atoms with Crippen LogP contribution in [0.4, 0.5) is 4.39 Å². The van der Waals surface area contributed by atoms with Crippen molar-refractivity contribution in [1.29, 1.82) is 0 Å². The molecule has 5 heteroatoms. The van der Waals surface area contributed by atoms with Crippen molar-refractivity contribution in [2.24, 2.45) is 0 Å². The highest BCUT2D eigenvalue weighted by molar-refractivity contribution is 5.94. The summed E-state index contributed by atoms with van der Waals surface area (Å²) in [7, 11) is 1.69. The largest absolute Gasteiger partial charge is 0.349 e. The number of hydrogen-bond acceptors (Lipinski definition) is 2. The smallest absolute Gasteiger partial charge is 0.251 e. The van der Waals surface area contributed by atoms with E-state index in [4.69, 9.17) is 0 Å². The molecule has 0 radical (unpaired) electrons. The van der Waals surface area contributed by atoms with Crippen LogP contribution in [0.5, 0.6) is 0 Å². The van der Waals surface area contributed by atoms with Crippen LogP contribution in [-0.2, 0) is 11.3 Å². The second-order valence-electron chi connectivity index (χ2n) is 5.82. The summed E-state index contributed by atoms with van der Waals surface area (Å²) in [5.41, 5.74) is 1.42. The molecular weight excluding hydrogens is 307 g/mol. The molecule has 126 valence electrons. The Hall–Kier alpha value is -2.69. The SMILES string of the molecule is CC(CC(=O)N(C)Cc1ccc(F)cc1)NC(=O)c1ccccc1. The molecule has 2 rings (SSSR count). The Morgan fingerprint density at radius 2 is 1.71 bits per heavy atom. The first-order valence-corrected chi connectivity index (χ1v) is 7.80. The van der Waals surface area contributed by atoms with Crippen LogP contribution in [0.15, 0.2) is 54.6 Å². The van der Waals surface area contributed by atoms with E-state index in [-0.39, 0.29) is 30.1 Å². The van der Waals surface area contributed by atoms with Crippen LogP contribution in [0.2, 0.25) is 0 Å². The first-order chi connectivity index (χ1) is 11.5. The molecule has 0 saturated carbocycles. The van der Waals surface area contributed by atoms with Gasteiger partial charge in [-0.15, -0.1) is 0 Å². The molecule has 0 aliphatic carbocycles. The van der Waals surface area contributed by atoms with E-state index < -0.39 is 0 Å². The molecule has 0 aromatic heterocycles. The lowest BCUT2D eigenvalue weighted by Gasteiger charge is -2.20. The number of carbonyl (C=O) groups is 2. The molecule has 4 nitrogen and oxygen atoms in total. The number of hydrogen-bond donors (Lipinski definition) is 1. The number of amides is 2. The van der Waals surface area contributed by atoms with Crippen molar-refractivity contribution in [2.45, 2.75) is 25.9 Å². The molecule has 1 atom stereocenters. The van der Waals surface area contributed by atoms with Crippen molar-refractivity contribution in [3.63, 3.8) is 0 Å². The number of halogens is 1. The maximum Gasteiger partial charge on any atom is 0.251 e. The summed E-state index contributed by atoms with van der Waals surface area (Å²) in [6.45, 7) is 2.20. The fourth-order valence-electron chi connectivity index (χ4n) is 2.32. The zero-order valence-electron chi connectivity index (χ0n) is 13.8. The van der Waals surface area contributed by atoms with Gasteiger partial charge < -0.3 is 10.2 Å². The number of nitrogens with one attached hydrogen (secondary N) is 1. The molecule has 0 aliphatic rings.